The van der Waals surface area contributed by atoms with E-state index in [-0.39, 0.29) is 18.4 Å². The molecule has 102 valence electrons. The van der Waals surface area contributed by atoms with Gasteiger partial charge in [0.15, 0.2) is 0 Å². The van der Waals surface area contributed by atoms with Crippen molar-refractivity contribution in [1.29, 1.82) is 0 Å². The van der Waals surface area contributed by atoms with Crippen molar-refractivity contribution in [2.45, 2.75) is 13.3 Å². The van der Waals surface area contributed by atoms with Crippen molar-refractivity contribution in [2.24, 2.45) is 5.92 Å². The number of benzene rings is 1. The number of anilines is 1. The van der Waals surface area contributed by atoms with E-state index in [1.165, 1.54) is 0 Å². The molecule has 0 aromatic heterocycles. The molecule has 0 bridgehead atoms. The predicted octanol–water partition coefficient (Wildman–Crippen LogP) is 2.59. The molecule has 1 fully saturated rings. The van der Waals surface area contributed by atoms with Gasteiger partial charge in [0.2, 0.25) is 0 Å². The van der Waals surface area contributed by atoms with Crippen molar-refractivity contribution >= 4 is 29.3 Å². The number of carbonyl (C=O) groups excluding carboxylic acids is 1. The number of hydrogen-bond acceptors (Lipinski definition) is 2. The number of nitrogens with zero attached hydrogens (tertiary/aromatic N) is 1. The van der Waals surface area contributed by atoms with Crippen molar-refractivity contribution in [3.05, 3.63) is 28.8 Å². The summed E-state index contributed by atoms with van der Waals surface area (Å²) < 4.78 is 0. The molecule has 0 aliphatic carbocycles. The number of halogens is 1. The number of aliphatic carboxylic acids is 1. The first kappa shape index (κ1) is 13.7. The third-order valence-corrected chi connectivity index (χ3v) is 3.40. The average molecular weight is 283 g/mol. The first-order valence-electron chi connectivity index (χ1n) is 5.99. The van der Waals surface area contributed by atoms with Gasteiger partial charge in [-0.3, -0.25) is 4.79 Å². The molecule has 5 nitrogen and oxygen atoms in total. The van der Waals surface area contributed by atoms with E-state index >= 15 is 0 Å². The third kappa shape index (κ3) is 3.38. The van der Waals surface area contributed by atoms with Crippen LogP contribution in [-0.2, 0) is 4.79 Å². The average Bonchev–Trinajstić information content (AvgIpc) is 2.27. The molecule has 1 saturated heterocycles. The largest absolute Gasteiger partial charge is 0.481 e. The number of carboxylic acids is 1. The molecule has 0 atom stereocenters. The fourth-order valence-corrected chi connectivity index (χ4v) is 2.21. The zero-order valence-electron chi connectivity index (χ0n) is 10.5. The summed E-state index contributed by atoms with van der Waals surface area (Å²) >= 11 is 5.99. The molecule has 2 rings (SSSR count). The second-order valence-corrected chi connectivity index (χ2v) is 5.19. The summed E-state index contributed by atoms with van der Waals surface area (Å²) in [5.41, 5.74) is 1.58. The van der Waals surface area contributed by atoms with Crippen LogP contribution in [0.5, 0.6) is 0 Å². The molecular weight excluding hydrogens is 268 g/mol. The number of carbonyl (C=O) groups is 2. The minimum Gasteiger partial charge on any atom is -0.481 e. The van der Waals surface area contributed by atoms with Crippen LogP contribution in [0.15, 0.2) is 18.2 Å². The Labute approximate surface area is 116 Å². The fourth-order valence-electron chi connectivity index (χ4n) is 2.04. The summed E-state index contributed by atoms with van der Waals surface area (Å²) in [7, 11) is 0. The van der Waals surface area contributed by atoms with Gasteiger partial charge in [0.1, 0.15) is 0 Å². The van der Waals surface area contributed by atoms with Gasteiger partial charge in [0.25, 0.3) is 0 Å². The number of likely N-dealkylation sites (tertiary alicyclic amines) is 1. The lowest BCUT2D eigenvalue weighted by atomic mass is 9.97. The molecule has 2 amide bonds. The molecule has 19 heavy (non-hydrogen) atoms. The molecular formula is C13H15ClN2O3. The van der Waals surface area contributed by atoms with E-state index in [0.717, 1.165) is 5.56 Å². The van der Waals surface area contributed by atoms with Crippen LogP contribution in [0.4, 0.5) is 10.5 Å². The van der Waals surface area contributed by atoms with E-state index in [4.69, 9.17) is 16.7 Å². The normalized spacial score (nSPS) is 14.9. The molecule has 0 saturated carbocycles. The zero-order valence-corrected chi connectivity index (χ0v) is 11.3. The monoisotopic (exact) mass is 282 g/mol. The molecule has 6 heteroatoms. The lowest BCUT2D eigenvalue weighted by Gasteiger charge is -2.38. The molecule has 1 aromatic carbocycles. The van der Waals surface area contributed by atoms with Gasteiger partial charge in [0, 0.05) is 19.0 Å². The summed E-state index contributed by atoms with van der Waals surface area (Å²) in [4.78, 5) is 24.0. The van der Waals surface area contributed by atoms with Gasteiger partial charge in [-0.1, -0.05) is 17.7 Å². The zero-order chi connectivity index (χ0) is 14.0. The van der Waals surface area contributed by atoms with Crippen LogP contribution in [0.25, 0.3) is 0 Å². The van der Waals surface area contributed by atoms with E-state index in [0.29, 0.717) is 23.8 Å². The predicted molar refractivity (Wildman–Crippen MR) is 72.5 cm³/mol. The Bertz CT molecular complexity index is 513. The van der Waals surface area contributed by atoms with Crippen LogP contribution < -0.4 is 5.32 Å². The smallest absolute Gasteiger partial charge is 0.321 e. The van der Waals surface area contributed by atoms with Crippen LogP contribution >= 0.6 is 11.6 Å². The van der Waals surface area contributed by atoms with Crippen molar-refractivity contribution in [3.8, 4) is 0 Å². The van der Waals surface area contributed by atoms with Gasteiger partial charge >= 0.3 is 12.0 Å². The first-order chi connectivity index (χ1) is 8.95. The number of amides is 2. The van der Waals surface area contributed by atoms with Crippen LogP contribution in [0.3, 0.4) is 0 Å². The van der Waals surface area contributed by atoms with Gasteiger partial charge in [-0.25, -0.2) is 4.79 Å². The van der Waals surface area contributed by atoms with Crippen LogP contribution in [0.2, 0.25) is 5.02 Å². The highest BCUT2D eigenvalue weighted by atomic mass is 35.5. The van der Waals surface area contributed by atoms with Gasteiger partial charge in [-0.15, -0.1) is 0 Å². The molecule has 1 aliphatic rings. The molecule has 1 aliphatic heterocycles. The van der Waals surface area contributed by atoms with Gasteiger partial charge < -0.3 is 15.3 Å². The number of urea groups is 1. The van der Waals surface area contributed by atoms with E-state index in [1.54, 1.807) is 17.0 Å². The second kappa shape index (κ2) is 5.48. The second-order valence-electron chi connectivity index (χ2n) is 4.78. The lowest BCUT2D eigenvalue weighted by Crippen LogP contribution is -2.52. The topological polar surface area (TPSA) is 69.6 Å². The number of rotatable bonds is 3. The Morgan fingerprint density at radius 2 is 2.16 bits per heavy atom. The Morgan fingerprint density at radius 1 is 1.47 bits per heavy atom. The summed E-state index contributed by atoms with van der Waals surface area (Å²) in [6, 6.07) is 5.16. The SMILES string of the molecule is Cc1ccc(Cl)c(NC(=O)N2CC(CC(=O)O)C2)c1. The van der Waals surface area contributed by atoms with E-state index in [9.17, 15) is 9.59 Å². The van der Waals surface area contributed by atoms with Gasteiger partial charge in [-0.05, 0) is 24.6 Å². The molecule has 1 aromatic rings. The van der Waals surface area contributed by atoms with Crippen LogP contribution in [0, 0.1) is 12.8 Å². The Hall–Kier alpha value is -1.75. The van der Waals surface area contributed by atoms with E-state index in [2.05, 4.69) is 5.32 Å². The Balaban J connectivity index is 1.89. The molecule has 0 unspecified atom stereocenters. The standard InChI is InChI=1S/C13H15ClN2O3/c1-8-2-3-10(14)11(4-8)15-13(19)16-6-9(7-16)5-12(17)18/h2-4,9H,5-7H2,1H3,(H,15,19)(H,17,18). The number of hydrogen-bond donors (Lipinski definition) is 2. The van der Waals surface area contributed by atoms with Gasteiger partial charge in [-0.2, -0.15) is 0 Å². The maximum Gasteiger partial charge on any atom is 0.321 e. The molecule has 2 N–H and O–H groups in total. The number of carboxylic acid groups (broad SMARTS) is 1. The Kier molecular flexibility index (Phi) is 3.95. The first-order valence-corrected chi connectivity index (χ1v) is 6.37. The molecule has 0 radical (unpaired) electrons. The van der Waals surface area contributed by atoms with Crippen molar-refractivity contribution in [2.75, 3.05) is 18.4 Å². The highest BCUT2D eigenvalue weighted by molar-refractivity contribution is 6.33. The molecule has 0 spiro atoms. The van der Waals surface area contributed by atoms with Crippen molar-refractivity contribution in [3.63, 3.8) is 0 Å². The highest BCUT2D eigenvalue weighted by Gasteiger charge is 2.32. The minimum atomic E-state index is -0.827. The van der Waals surface area contributed by atoms with Gasteiger partial charge in [0.05, 0.1) is 17.1 Å². The summed E-state index contributed by atoms with van der Waals surface area (Å²) in [6.07, 6.45) is 0.106. The molecule has 1 heterocycles. The fraction of sp³-hybridized carbons (Fsp3) is 0.385. The maximum absolute atomic E-state index is 11.9. The number of nitrogens with one attached hydrogen (secondary N) is 1. The third-order valence-electron chi connectivity index (χ3n) is 3.07. The maximum atomic E-state index is 11.9. The van der Waals surface area contributed by atoms with E-state index in [1.807, 2.05) is 13.0 Å². The Morgan fingerprint density at radius 3 is 2.79 bits per heavy atom. The summed E-state index contributed by atoms with van der Waals surface area (Å²) in [5, 5.41) is 11.9. The van der Waals surface area contributed by atoms with Crippen LogP contribution in [0.1, 0.15) is 12.0 Å². The minimum absolute atomic E-state index is 0.0521. The van der Waals surface area contributed by atoms with Crippen molar-refractivity contribution in [1.82, 2.24) is 4.90 Å². The quantitative estimate of drug-likeness (QED) is 0.895. The highest BCUT2D eigenvalue weighted by Crippen LogP contribution is 2.25. The number of aryl methyl sites for hydroxylation is 1. The van der Waals surface area contributed by atoms with Crippen LogP contribution in [-0.4, -0.2) is 35.1 Å². The summed E-state index contributed by atoms with van der Waals surface area (Å²) in [5.74, 6) is -0.775. The van der Waals surface area contributed by atoms with Crippen molar-refractivity contribution < 1.29 is 14.7 Å². The summed E-state index contributed by atoms with van der Waals surface area (Å²) in [6.45, 7) is 2.86. The lowest BCUT2D eigenvalue weighted by molar-refractivity contribution is -0.139. The van der Waals surface area contributed by atoms with E-state index < -0.39 is 5.97 Å².